The van der Waals surface area contributed by atoms with Gasteiger partial charge in [0.1, 0.15) is 5.76 Å². The minimum absolute atomic E-state index is 0.286. The van der Waals surface area contributed by atoms with Crippen LogP contribution in [0.15, 0.2) is 4.52 Å². The van der Waals surface area contributed by atoms with Crippen LogP contribution in [0.3, 0.4) is 0 Å². The topological polar surface area (TPSA) is 50.5 Å². The lowest BCUT2D eigenvalue weighted by Crippen LogP contribution is -2.45. The van der Waals surface area contributed by atoms with Crippen molar-refractivity contribution in [1.82, 2.24) is 15.4 Å². The van der Waals surface area contributed by atoms with Crippen LogP contribution in [0.25, 0.3) is 0 Å². The van der Waals surface area contributed by atoms with Crippen LogP contribution in [0, 0.1) is 13.8 Å². The van der Waals surface area contributed by atoms with Crippen LogP contribution < -0.4 is 5.32 Å². The third-order valence-electron chi connectivity index (χ3n) is 3.22. The highest BCUT2D eigenvalue weighted by molar-refractivity contribution is 5.20. The van der Waals surface area contributed by atoms with E-state index in [2.05, 4.69) is 15.4 Å². The van der Waals surface area contributed by atoms with Gasteiger partial charge in [0.05, 0.1) is 18.4 Å². The minimum Gasteiger partial charge on any atom is -0.374 e. The second-order valence-electron chi connectivity index (χ2n) is 4.59. The van der Waals surface area contributed by atoms with E-state index in [1.165, 1.54) is 5.56 Å². The molecule has 1 atom stereocenters. The number of aryl methyl sites for hydroxylation is 2. The lowest BCUT2D eigenvalue weighted by Gasteiger charge is -2.32. The lowest BCUT2D eigenvalue weighted by atomic mass is 10.1. The van der Waals surface area contributed by atoms with Crippen molar-refractivity contribution in [2.24, 2.45) is 0 Å². The molecular weight excluding hydrogens is 218 g/mol. The first-order valence-corrected chi connectivity index (χ1v) is 6.11. The Kier molecular flexibility index (Phi) is 4.15. The fourth-order valence-corrected chi connectivity index (χ4v) is 2.23. The third-order valence-corrected chi connectivity index (χ3v) is 3.22. The minimum atomic E-state index is 0.286. The number of likely N-dealkylation sites (N-methyl/N-ethyl adjacent to an activating group) is 1. The molecule has 2 heterocycles. The molecule has 0 bridgehead atoms. The molecule has 1 saturated heterocycles. The Labute approximate surface area is 102 Å². The van der Waals surface area contributed by atoms with Crippen LogP contribution >= 0.6 is 0 Å². The summed E-state index contributed by atoms with van der Waals surface area (Å²) in [5.74, 6) is 0.930. The summed E-state index contributed by atoms with van der Waals surface area (Å²) in [4.78, 5) is 2.40. The summed E-state index contributed by atoms with van der Waals surface area (Å²) in [5, 5.41) is 7.15. The van der Waals surface area contributed by atoms with Gasteiger partial charge in [0.25, 0.3) is 0 Å². The van der Waals surface area contributed by atoms with Gasteiger partial charge in [0, 0.05) is 31.7 Å². The summed E-state index contributed by atoms with van der Waals surface area (Å²) in [6, 6.07) is 0. The highest BCUT2D eigenvalue weighted by atomic mass is 16.5. The molecular formula is C12H21N3O2. The molecule has 1 unspecified atom stereocenters. The Bertz CT molecular complexity index is 343. The van der Waals surface area contributed by atoms with Gasteiger partial charge in [-0.15, -0.1) is 0 Å². The lowest BCUT2D eigenvalue weighted by molar-refractivity contribution is -0.0293. The van der Waals surface area contributed by atoms with Gasteiger partial charge in [-0.3, -0.25) is 4.90 Å². The monoisotopic (exact) mass is 239 g/mol. The highest BCUT2D eigenvalue weighted by Gasteiger charge is 2.21. The smallest absolute Gasteiger partial charge is 0.138 e. The predicted molar refractivity (Wildman–Crippen MR) is 64.9 cm³/mol. The molecule has 1 aromatic heterocycles. The van der Waals surface area contributed by atoms with E-state index in [0.717, 1.165) is 44.2 Å². The molecule has 5 nitrogen and oxygen atoms in total. The van der Waals surface area contributed by atoms with Crippen LogP contribution in [0.2, 0.25) is 0 Å². The molecule has 0 saturated carbocycles. The Morgan fingerprint density at radius 2 is 2.29 bits per heavy atom. The van der Waals surface area contributed by atoms with E-state index in [4.69, 9.17) is 9.26 Å². The van der Waals surface area contributed by atoms with Crippen molar-refractivity contribution < 1.29 is 9.26 Å². The second kappa shape index (κ2) is 5.62. The molecule has 0 aliphatic carbocycles. The van der Waals surface area contributed by atoms with Gasteiger partial charge in [0.15, 0.2) is 0 Å². The quantitative estimate of drug-likeness (QED) is 0.838. The van der Waals surface area contributed by atoms with Crippen LogP contribution in [0.4, 0.5) is 0 Å². The molecule has 0 aromatic carbocycles. The van der Waals surface area contributed by atoms with E-state index in [0.29, 0.717) is 0 Å². The predicted octanol–water partition coefficient (Wildman–Crippen LogP) is 0.712. The van der Waals surface area contributed by atoms with E-state index in [9.17, 15) is 0 Å². The van der Waals surface area contributed by atoms with Gasteiger partial charge < -0.3 is 14.6 Å². The summed E-state index contributed by atoms with van der Waals surface area (Å²) in [6.07, 6.45) is 0.286. The molecule has 5 heteroatoms. The number of nitrogens with one attached hydrogen (secondary N) is 1. The molecule has 2 rings (SSSR count). The number of aromatic nitrogens is 1. The first-order chi connectivity index (χ1) is 8.20. The number of hydrogen-bond donors (Lipinski definition) is 1. The van der Waals surface area contributed by atoms with E-state index in [1.807, 2.05) is 20.9 Å². The van der Waals surface area contributed by atoms with E-state index in [-0.39, 0.29) is 6.10 Å². The average Bonchev–Trinajstić information content (AvgIpc) is 2.62. The SMILES string of the molecule is CNCC1CN(Cc2c(C)noc2C)CCO1. The van der Waals surface area contributed by atoms with Gasteiger partial charge in [-0.25, -0.2) is 0 Å². The summed E-state index contributed by atoms with van der Waals surface area (Å²) in [7, 11) is 1.95. The molecule has 1 fully saturated rings. The Morgan fingerprint density at radius 1 is 1.47 bits per heavy atom. The Morgan fingerprint density at radius 3 is 2.94 bits per heavy atom. The van der Waals surface area contributed by atoms with Crippen LogP contribution in [-0.2, 0) is 11.3 Å². The molecule has 0 spiro atoms. The average molecular weight is 239 g/mol. The molecule has 0 amide bonds. The summed E-state index contributed by atoms with van der Waals surface area (Å²) in [6.45, 7) is 8.52. The zero-order valence-corrected chi connectivity index (χ0v) is 10.8. The fraction of sp³-hybridized carbons (Fsp3) is 0.750. The van der Waals surface area contributed by atoms with Gasteiger partial charge in [-0.1, -0.05) is 5.16 Å². The van der Waals surface area contributed by atoms with Gasteiger partial charge in [-0.2, -0.15) is 0 Å². The van der Waals surface area contributed by atoms with E-state index < -0.39 is 0 Å². The molecule has 96 valence electrons. The Balaban J connectivity index is 1.94. The first-order valence-electron chi connectivity index (χ1n) is 6.11. The van der Waals surface area contributed by atoms with E-state index in [1.54, 1.807) is 0 Å². The second-order valence-corrected chi connectivity index (χ2v) is 4.59. The first kappa shape index (κ1) is 12.5. The summed E-state index contributed by atoms with van der Waals surface area (Å²) in [5.41, 5.74) is 2.22. The largest absolute Gasteiger partial charge is 0.374 e. The standard InChI is InChI=1S/C12H21N3O2/c1-9-12(10(2)17-14-9)8-15-4-5-16-11(7-15)6-13-3/h11,13H,4-8H2,1-3H3. The van der Waals surface area contributed by atoms with Gasteiger partial charge in [0.2, 0.25) is 0 Å². The van der Waals surface area contributed by atoms with Crippen molar-refractivity contribution in [3.63, 3.8) is 0 Å². The number of rotatable bonds is 4. The summed E-state index contributed by atoms with van der Waals surface area (Å²) >= 11 is 0. The van der Waals surface area contributed by atoms with Crippen molar-refractivity contribution in [2.45, 2.75) is 26.5 Å². The normalized spacial score (nSPS) is 21.9. The molecule has 1 N–H and O–H groups in total. The van der Waals surface area contributed by atoms with E-state index >= 15 is 0 Å². The van der Waals surface area contributed by atoms with Crippen molar-refractivity contribution in [1.29, 1.82) is 0 Å². The summed E-state index contributed by atoms with van der Waals surface area (Å²) < 4.78 is 10.9. The third kappa shape index (κ3) is 3.06. The maximum absolute atomic E-state index is 5.69. The zero-order valence-electron chi connectivity index (χ0n) is 10.8. The van der Waals surface area contributed by atoms with Crippen LogP contribution in [0.5, 0.6) is 0 Å². The maximum atomic E-state index is 5.69. The molecule has 17 heavy (non-hydrogen) atoms. The van der Waals surface area contributed by atoms with Crippen LogP contribution in [-0.4, -0.2) is 49.4 Å². The van der Waals surface area contributed by atoms with Crippen molar-refractivity contribution >= 4 is 0 Å². The molecule has 0 radical (unpaired) electrons. The zero-order chi connectivity index (χ0) is 12.3. The van der Waals surface area contributed by atoms with Crippen LogP contribution in [0.1, 0.15) is 17.0 Å². The Hall–Kier alpha value is -0.910. The van der Waals surface area contributed by atoms with Crippen molar-refractivity contribution in [3.8, 4) is 0 Å². The maximum Gasteiger partial charge on any atom is 0.138 e. The molecule has 1 aliphatic heterocycles. The molecule has 1 aliphatic rings. The highest BCUT2D eigenvalue weighted by Crippen LogP contribution is 2.16. The number of nitrogens with zero attached hydrogens (tertiary/aromatic N) is 2. The number of morpholine rings is 1. The van der Waals surface area contributed by atoms with Gasteiger partial charge in [-0.05, 0) is 20.9 Å². The number of ether oxygens (including phenoxy) is 1. The van der Waals surface area contributed by atoms with Crippen molar-refractivity contribution in [3.05, 3.63) is 17.0 Å². The van der Waals surface area contributed by atoms with Gasteiger partial charge >= 0.3 is 0 Å². The number of hydrogen-bond acceptors (Lipinski definition) is 5. The van der Waals surface area contributed by atoms with Crippen molar-refractivity contribution in [2.75, 3.05) is 33.3 Å². The molecule has 1 aromatic rings. The fourth-order valence-electron chi connectivity index (χ4n) is 2.23.